The number of hydrogen-bond acceptors (Lipinski definition) is 4. The van der Waals surface area contributed by atoms with Gasteiger partial charge in [-0.05, 0) is 24.7 Å². The number of methoxy groups -OCH3 is 1. The van der Waals surface area contributed by atoms with Crippen molar-refractivity contribution in [2.75, 3.05) is 19.5 Å². The van der Waals surface area contributed by atoms with E-state index in [0.29, 0.717) is 17.3 Å². The number of hydrogen-bond donors (Lipinski definition) is 1. The lowest BCUT2D eigenvalue weighted by Gasteiger charge is -2.07. The summed E-state index contributed by atoms with van der Waals surface area (Å²) in [7, 11) is -1.84. The maximum absolute atomic E-state index is 11.8. The standard InChI is InChI=1S/C10H14ClNO3S/c1-3-12-7-16(13,14)8-4-5-10(15-2)9(11)6-8/h4-6,12H,3,7H2,1-2H3. The molecule has 0 radical (unpaired) electrons. The van der Waals surface area contributed by atoms with Crippen LogP contribution in [0.3, 0.4) is 0 Å². The smallest absolute Gasteiger partial charge is 0.191 e. The summed E-state index contributed by atoms with van der Waals surface area (Å²) >= 11 is 5.86. The molecular formula is C10H14ClNO3S. The van der Waals surface area contributed by atoms with E-state index in [4.69, 9.17) is 16.3 Å². The van der Waals surface area contributed by atoms with Gasteiger partial charge in [-0.1, -0.05) is 18.5 Å². The zero-order chi connectivity index (χ0) is 12.2. The molecule has 0 aromatic heterocycles. The molecule has 0 heterocycles. The van der Waals surface area contributed by atoms with E-state index >= 15 is 0 Å². The van der Waals surface area contributed by atoms with Crippen molar-refractivity contribution in [1.82, 2.24) is 5.32 Å². The minimum Gasteiger partial charge on any atom is -0.495 e. The van der Waals surface area contributed by atoms with Crippen LogP contribution in [0.5, 0.6) is 5.75 Å². The molecule has 1 aromatic rings. The highest BCUT2D eigenvalue weighted by atomic mass is 35.5. The van der Waals surface area contributed by atoms with Crippen molar-refractivity contribution < 1.29 is 13.2 Å². The van der Waals surface area contributed by atoms with Crippen LogP contribution in [-0.2, 0) is 9.84 Å². The number of halogens is 1. The first-order valence-electron chi connectivity index (χ1n) is 4.78. The van der Waals surface area contributed by atoms with Gasteiger partial charge in [-0.15, -0.1) is 0 Å². The Kier molecular flexibility index (Phi) is 4.58. The monoisotopic (exact) mass is 263 g/mol. The lowest BCUT2D eigenvalue weighted by Crippen LogP contribution is -2.22. The van der Waals surface area contributed by atoms with Crippen LogP contribution in [0.15, 0.2) is 23.1 Å². The van der Waals surface area contributed by atoms with Crippen molar-refractivity contribution >= 4 is 21.4 Å². The van der Waals surface area contributed by atoms with E-state index < -0.39 is 9.84 Å². The van der Waals surface area contributed by atoms with Gasteiger partial charge in [-0.3, -0.25) is 0 Å². The molecule has 90 valence electrons. The van der Waals surface area contributed by atoms with E-state index in [1.807, 2.05) is 6.92 Å². The predicted octanol–water partition coefficient (Wildman–Crippen LogP) is 1.69. The molecule has 0 saturated heterocycles. The van der Waals surface area contributed by atoms with Crippen molar-refractivity contribution in [3.8, 4) is 5.75 Å². The Balaban J connectivity index is 3.01. The first-order valence-corrected chi connectivity index (χ1v) is 6.81. The van der Waals surface area contributed by atoms with Gasteiger partial charge in [-0.25, -0.2) is 8.42 Å². The molecule has 4 nitrogen and oxygen atoms in total. The van der Waals surface area contributed by atoms with Crippen LogP contribution in [0.25, 0.3) is 0 Å². The van der Waals surface area contributed by atoms with Crippen LogP contribution in [0.1, 0.15) is 6.92 Å². The Morgan fingerprint density at radius 3 is 2.62 bits per heavy atom. The Bertz CT molecular complexity index is 459. The third-order valence-electron chi connectivity index (χ3n) is 2.02. The van der Waals surface area contributed by atoms with Crippen LogP contribution < -0.4 is 10.1 Å². The molecular weight excluding hydrogens is 250 g/mol. The minimum atomic E-state index is -3.32. The van der Waals surface area contributed by atoms with Crippen molar-refractivity contribution in [3.05, 3.63) is 23.2 Å². The van der Waals surface area contributed by atoms with Crippen LogP contribution >= 0.6 is 11.6 Å². The SMILES string of the molecule is CCNCS(=O)(=O)c1ccc(OC)c(Cl)c1. The van der Waals surface area contributed by atoms with Crippen LogP contribution in [0.4, 0.5) is 0 Å². The second-order valence-corrected chi connectivity index (χ2v) is 5.56. The molecule has 0 atom stereocenters. The average Bonchev–Trinajstić information content (AvgIpc) is 2.26. The third kappa shape index (κ3) is 3.10. The highest BCUT2D eigenvalue weighted by molar-refractivity contribution is 7.91. The topological polar surface area (TPSA) is 55.4 Å². The average molecular weight is 264 g/mol. The van der Waals surface area contributed by atoms with Crippen LogP contribution in [0.2, 0.25) is 5.02 Å². The van der Waals surface area contributed by atoms with Gasteiger partial charge in [-0.2, -0.15) is 0 Å². The summed E-state index contributed by atoms with van der Waals surface area (Å²) in [6.45, 7) is 2.44. The molecule has 0 unspecified atom stereocenters. The van der Waals surface area contributed by atoms with E-state index in [-0.39, 0.29) is 10.8 Å². The molecule has 0 fully saturated rings. The normalized spacial score (nSPS) is 11.4. The molecule has 1 rings (SSSR count). The van der Waals surface area contributed by atoms with Gasteiger partial charge in [0.15, 0.2) is 9.84 Å². The van der Waals surface area contributed by atoms with E-state index in [2.05, 4.69) is 5.32 Å². The largest absolute Gasteiger partial charge is 0.495 e. The summed E-state index contributed by atoms with van der Waals surface area (Å²) in [6.07, 6.45) is 0. The molecule has 0 aliphatic carbocycles. The number of sulfone groups is 1. The molecule has 1 aromatic carbocycles. The fourth-order valence-corrected chi connectivity index (χ4v) is 2.70. The molecule has 0 spiro atoms. The summed E-state index contributed by atoms with van der Waals surface area (Å²) < 4.78 is 28.5. The lowest BCUT2D eigenvalue weighted by atomic mass is 10.3. The summed E-state index contributed by atoms with van der Waals surface area (Å²) in [4.78, 5) is 0.194. The Morgan fingerprint density at radius 2 is 2.12 bits per heavy atom. The summed E-state index contributed by atoms with van der Waals surface area (Å²) in [6, 6.07) is 4.42. The number of ether oxygens (including phenoxy) is 1. The van der Waals surface area contributed by atoms with Crippen molar-refractivity contribution in [2.24, 2.45) is 0 Å². The molecule has 0 aliphatic rings. The van der Waals surface area contributed by atoms with Gasteiger partial charge in [0.25, 0.3) is 0 Å². The van der Waals surface area contributed by atoms with E-state index in [1.54, 1.807) is 6.07 Å². The second-order valence-electron chi connectivity index (χ2n) is 3.16. The van der Waals surface area contributed by atoms with Crippen molar-refractivity contribution in [1.29, 1.82) is 0 Å². The summed E-state index contributed by atoms with van der Waals surface area (Å²) in [5, 5.41) is 3.06. The molecule has 16 heavy (non-hydrogen) atoms. The quantitative estimate of drug-likeness (QED) is 0.878. The highest BCUT2D eigenvalue weighted by Gasteiger charge is 2.15. The van der Waals surface area contributed by atoms with Gasteiger partial charge in [0, 0.05) is 0 Å². The van der Waals surface area contributed by atoms with Gasteiger partial charge in [0.2, 0.25) is 0 Å². The van der Waals surface area contributed by atoms with Gasteiger partial charge < -0.3 is 10.1 Å². The zero-order valence-electron chi connectivity index (χ0n) is 9.16. The Labute approximate surface area is 100 Å². The van der Waals surface area contributed by atoms with Crippen LogP contribution in [0, 0.1) is 0 Å². The maximum atomic E-state index is 11.8. The molecule has 0 saturated carbocycles. The fourth-order valence-electron chi connectivity index (χ4n) is 1.16. The summed E-state index contributed by atoms with van der Waals surface area (Å²) in [5.74, 6) is 0.371. The fraction of sp³-hybridized carbons (Fsp3) is 0.400. The molecule has 0 amide bonds. The molecule has 6 heteroatoms. The maximum Gasteiger partial charge on any atom is 0.191 e. The second kappa shape index (κ2) is 5.52. The van der Waals surface area contributed by atoms with E-state index in [0.717, 1.165) is 0 Å². The van der Waals surface area contributed by atoms with E-state index in [9.17, 15) is 8.42 Å². The molecule has 0 bridgehead atoms. The highest BCUT2D eigenvalue weighted by Crippen LogP contribution is 2.27. The van der Waals surface area contributed by atoms with Gasteiger partial charge in [0.05, 0.1) is 17.0 Å². The first kappa shape index (κ1) is 13.3. The summed E-state index contributed by atoms with van der Waals surface area (Å²) in [5.41, 5.74) is 0. The molecule has 0 aliphatic heterocycles. The predicted molar refractivity (Wildman–Crippen MR) is 63.7 cm³/mol. The minimum absolute atomic E-state index is 0.0911. The van der Waals surface area contributed by atoms with Gasteiger partial charge >= 0.3 is 0 Å². The number of benzene rings is 1. The van der Waals surface area contributed by atoms with E-state index in [1.165, 1.54) is 19.2 Å². The van der Waals surface area contributed by atoms with Crippen molar-refractivity contribution in [3.63, 3.8) is 0 Å². The van der Waals surface area contributed by atoms with Crippen LogP contribution in [-0.4, -0.2) is 27.9 Å². The third-order valence-corrected chi connectivity index (χ3v) is 3.88. The van der Waals surface area contributed by atoms with Gasteiger partial charge in [0.1, 0.15) is 11.6 Å². The Morgan fingerprint density at radius 1 is 1.44 bits per heavy atom. The van der Waals surface area contributed by atoms with Crippen molar-refractivity contribution in [2.45, 2.75) is 11.8 Å². The Hall–Kier alpha value is -0.780. The lowest BCUT2D eigenvalue weighted by molar-refractivity contribution is 0.414. The zero-order valence-corrected chi connectivity index (χ0v) is 10.7. The number of rotatable bonds is 5. The number of nitrogens with one attached hydrogen (secondary N) is 1. The molecule has 1 N–H and O–H groups in total. The first-order chi connectivity index (χ1) is 7.51.